The molecule has 0 aromatic heterocycles. The summed E-state index contributed by atoms with van der Waals surface area (Å²) in [5.41, 5.74) is -1.51. The molecule has 0 aliphatic heterocycles. The van der Waals surface area contributed by atoms with Crippen molar-refractivity contribution in [3.63, 3.8) is 0 Å². The van der Waals surface area contributed by atoms with Gasteiger partial charge < -0.3 is 4.74 Å². The van der Waals surface area contributed by atoms with Gasteiger partial charge in [-0.25, -0.2) is 0 Å². The van der Waals surface area contributed by atoms with Crippen LogP contribution in [0, 0.1) is 10.1 Å². The number of benzene rings is 2. The van der Waals surface area contributed by atoms with Crippen molar-refractivity contribution in [2.24, 2.45) is 0 Å². The molecular weight excluding hydrogens is 390 g/mol. The van der Waals surface area contributed by atoms with Gasteiger partial charge in [0.25, 0.3) is 5.69 Å². The van der Waals surface area contributed by atoms with Gasteiger partial charge in [-0.3, -0.25) is 14.9 Å². The summed E-state index contributed by atoms with van der Waals surface area (Å²) in [6, 6.07) is 5.95. The Balaban J connectivity index is 0.00000312. The molecule has 2 aromatic carbocycles. The molecule has 2 aromatic rings. The number of ketones is 1. The van der Waals surface area contributed by atoms with Crippen LogP contribution in [0.15, 0.2) is 36.4 Å². The molecule has 0 radical (unpaired) electrons. The van der Waals surface area contributed by atoms with Gasteiger partial charge in [-0.2, -0.15) is 13.2 Å². The normalized spacial score (nSPS) is 10.8. The minimum Gasteiger partial charge on any atom is -0.456 e. The predicted molar refractivity (Wildman–Crippen MR) is 79.6 cm³/mol. The Bertz CT molecular complexity index is 827. The van der Waals surface area contributed by atoms with Crippen LogP contribution in [0.1, 0.15) is 22.8 Å². The first-order valence-electron chi connectivity index (χ1n) is 6.43. The molecular formula is C15H9ClF3KNO4+. The van der Waals surface area contributed by atoms with Gasteiger partial charge in [-0.15, -0.1) is 0 Å². The third-order valence-electron chi connectivity index (χ3n) is 3.03. The Morgan fingerprint density at radius 1 is 1.20 bits per heavy atom. The summed E-state index contributed by atoms with van der Waals surface area (Å²) in [5.74, 6) is -0.592. The maximum Gasteiger partial charge on any atom is 1.00 e. The molecule has 0 spiro atoms. The number of ether oxygens (including phenoxy) is 1. The molecule has 0 amide bonds. The van der Waals surface area contributed by atoms with Gasteiger partial charge in [0.15, 0.2) is 5.78 Å². The molecule has 0 fully saturated rings. The minimum atomic E-state index is -4.54. The maximum absolute atomic E-state index is 12.6. The van der Waals surface area contributed by atoms with E-state index in [0.29, 0.717) is 6.07 Å². The SMILES string of the molecule is CC(=O)c1cc(Oc2ccc(C(F)(F)F)cc2Cl)ccc1[N+](=O)[O-].[K+]. The van der Waals surface area contributed by atoms with Gasteiger partial charge in [0.2, 0.25) is 0 Å². The van der Waals surface area contributed by atoms with Crippen LogP contribution in [0.5, 0.6) is 11.5 Å². The number of alkyl halides is 3. The molecule has 0 bridgehead atoms. The first kappa shape index (κ1) is 22.1. The second-order valence-corrected chi connectivity index (χ2v) is 5.14. The number of halogens is 4. The Hall–Kier alpha value is -0.974. The van der Waals surface area contributed by atoms with Crippen LogP contribution in [0.25, 0.3) is 0 Å². The summed E-state index contributed by atoms with van der Waals surface area (Å²) in [5, 5.41) is 10.6. The van der Waals surface area contributed by atoms with Crippen molar-refractivity contribution in [2.75, 3.05) is 0 Å². The quantitative estimate of drug-likeness (QED) is 0.343. The third-order valence-corrected chi connectivity index (χ3v) is 3.33. The molecule has 10 heteroatoms. The Morgan fingerprint density at radius 3 is 2.32 bits per heavy atom. The predicted octanol–water partition coefficient (Wildman–Crippen LogP) is 2.27. The zero-order valence-electron chi connectivity index (χ0n) is 13.1. The minimum absolute atomic E-state index is 0. The fourth-order valence-electron chi connectivity index (χ4n) is 1.91. The Labute approximate surface area is 187 Å². The largest absolute Gasteiger partial charge is 1.00 e. The van der Waals surface area contributed by atoms with Crippen LogP contribution in [0.4, 0.5) is 18.9 Å². The van der Waals surface area contributed by atoms with E-state index in [-0.39, 0.29) is 73.5 Å². The van der Waals surface area contributed by atoms with Crippen molar-refractivity contribution >= 4 is 23.1 Å². The molecule has 0 unspecified atom stereocenters. The topological polar surface area (TPSA) is 69.4 Å². The molecule has 0 N–H and O–H groups in total. The van der Waals surface area contributed by atoms with Gasteiger partial charge in [0.1, 0.15) is 11.5 Å². The molecule has 5 nitrogen and oxygen atoms in total. The van der Waals surface area contributed by atoms with Crippen LogP contribution >= 0.6 is 11.6 Å². The number of nitro groups is 1. The van der Waals surface area contributed by atoms with E-state index in [0.717, 1.165) is 31.2 Å². The smallest absolute Gasteiger partial charge is 0.456 e. The number of rotatable bonds is 4. The molecule has 0 saturated carbocycles. The van der Waals surface area contributed by atoms with E-state index in [1.54, 1.807) is 0 Å². The van der Waals surface area contributed by atoms with E-state index in [2.05, 4.69) is 0 Å². The van der Waals surface area contributed by atoms with Gasteiger partial charge in [0.05, 0.1) is 21.1 Å². The number of hydrogen-bond acceptors (Lipinski definition) is 4. The molecule has 0 saturated heterocycles. The van der Waals surface area contributed by atoms with Crippen molar-refractivity contribution in [3.05, 3.63) is 62.7 Å². The summed E-state index contributed by atoms with van der Waals surface area (Å²) < 4.78 is 43.1. The molecule has 0 heterocycles. The fraction of sp³-hybridized carbons (Fsp3) is 0.133. The molecule has 25 heavy (non-hydrogen) atoms. The van der Waals surface area contributed by atoms with Gasteiger partial charge in [0, 0.05) is 6.07 Å². The number of carbonyl (C=O) groups excluding carboxylic acids is 1. The average Bonchev–Trinajstić information content (AvgIpc) is 2.47. The van der Waals surface area contributed by atoms with E-state index >= 15 is 0 Å². The maximum atomic E-state index is 12.6. The van der Waals surface area contributed by atoms with Crippen LogP contribution in [-0.2, 0) is 6.18 Å². The van der Waals surface area contributed by atoms with Gasteiger partial charge in [-0.05, 0) is 37.3 Å². The molecule has 0 atom stereocenters. The van der Waals surface area contributed by atoms with Crippen molar-refractivity contribution in [1.82, 2.24) is 0 Å². The third kappa shape index (κ3) is 5.50. The fourth-order valence-corrected chi connectivity index (χ4v) is 2.13. The Morgan fingerprint density at radius 2 is 1.84 bits per heavy atom. The zero-order valence-corrected chi connectivity index (χ0v) is 16.9. The van der Waals surface area contributed by atoms with Crippen molar-refractivity contribution in [1.29, 1.82) is 0 Å². The van der Waals surface area contributed by atoms with E-state index in [1.165, 1.54) is 6.07 Å². The number of hydrogen-bond donors (Lipinski definition) is 0. The van der Waals surface area contributed by atoms with E-state index in [4.69, 9.17) is 16.3 Å². The molecule has 126 valence electrons. The molecule has 2 rings (SSSR count). The summed E-state index contributed by atoms with van der Waals surface area (Å²) in [6.07, 6.45) is -4.54. The van der Waals surface area contributed by atoms with E-state index in [9.17, 15) is 28.1 Å². The average molecular weight is 399 g/mol. The van der Waals surface area contributed by atoms with E-state index < -0.39 is 28.1 Å². The van der Waals surface area contributed by atoms with Crippen LogP contribution in [0.3, 0.4) is 0 Å². The first-order chi connectivity index (χ1) is 11.1. The summed E-state index contributed by atoms with van der Waals surface area (Å²) in [4.78, 5) is 21.6. The van der Waals surface area contributed by atoms with Crippen LogP contribution in [-0.4, -0.2) is 10.7 Å². The second-order valence-electron chi connectivity index (χ2n) is 4.74. The Kier molecular flexibility index (Phi) is 7.60. The van der Waals surface area contributed by atoms with Crippen molar-refractivity contribution in [2.45, 2.75) is 13.1 Å². The molecule has 0 aliphatic carbocycles. The van der Waals surface area contributed by atoms with Crippen LogP contribution in [0.2, 0.25) is 5.02 Å². The van der Waals surface area contributed by atoms with Crippen LogP contribution < -0.4 is 56.1 Å². The number of carbonyl (C=O) groups is 1. The zero-order chi connectivity index (χ0) is 18.1. The second kappa shape index (κ2) is 8.61. The van der Waals surface area contributed by atoms with E-state index in [1.807, 2.05) is 0 Å². The van der Waals surface area contributed by atoms with Gasteiger partial charge in [-0.1, -0.05) is 11.6 Å². The summed E-state index contributed by atoms with van der Waals surface area (Å²) >= 11 is 5.77. The monoisotopic (exact) mass is 398 g/mol. The molecule has 0 aliphatic rings. The van der Waals surface area contributed by atoms with Crippen molar-refractivity contribution < 1.29 is 79.0 Å². The standard InChI is InChI=1S/C15H9ClF3NO4.K/c1-8(21)11-7-10(3-4-13(11)20(22)23)24-14-5-2-9(6-12(14)16)15(17,18)19;/h2-7H,1H3;/q;+1. The number of nitro benzene ring substituents is 1. The number of Topliss-reactive ketones (excluding diaryl/α,β-unsaturated/α-hetero) is 1. The summed E-state index contributed by atoms with van der Waals surface area (Å²) in [6.45, 7) is 1.15. The first-order valence-corrected chi connectivity index (χ1v) is 6.81. The summed E-state index contributed by atoms with van der Waals surface area (Å²) in [7, 11) is 0. The van der Waals surface area contributed by atoms with Crippen molar-refractivity contribution in [3.8, 4) is 11.5 Å². The van der Waals surface area contributed by atoms with Gasteiger partial charge >= 0.3 is 57.6 Å². The number of nitrogens with zero attached hydrogens (tertiary/aromatic N) is 1.